The third-order valence-corrected chi connectivity index (χ3v) is 5.19. The largest absolute Gasteiger partial charge is 0.280 e. The van der Waals surface area contributed by atoms with E-state index in [1.165, 1.54) is 18.2 Å². The van der Waals surface area contributed by atoms with Crippen LogP contribution < -0.4 is 4.72 Å². The van der Waals surface area contributed by atoms with Crippen LogP contribution in [0.1, 0.15) is 0 Å². The SMILES string of the molecule is O=[N+]([O-])c1ccc(Cl)c(S(=O)(=O)Nc2ccc(Cl)c(Cl)c2)c1. The number of hydrogen-bond acceptors (Lipinski definition) is 4. The normalized spacial score (nSPS) is 11.2. The van der Waals surface area contributed by atoms with Crippen molar-refractivity contribution in [3.63, 3.8) is 0 Å². The summed E-state index contributed by atoms with van der Waals surface area (Å²) in [6, 6.07) is 7.26. The van der Waals surface area contributed by atoms with Gasteiger partial charge in [-0.05, 0) is 24.3 Å². The summed E-state index contributed by atoms with van der Waals surface area (Å²) < 4.78 is 26.8. The number of anilines is 1. The highest BCUT2D eigenvalue weighted by molar-refractivity contribution is 7.92. The molecule has 1 N–H and O–H groups in total. The molecule has 2 aromatic carbocycles. The molecule has 0 amide bonds. The number of non-ortho nitro benzene ring substituents is 1. The molecule has 0 aliphatic carbocycles. The fourth-order valence-corrected chi connectivity index (χ4v) is 3.45. The first-order valence-corrected chi connectivity index (χ1v) is 8.24. The molecule has 0 bridgehead atoms. The molecule has 0 spiro atoms. The van der Waals surface area contributed by atoms with E-state index in [0.29, 0.717) is 0 Å². The number of nitrogens with one attached hydrogen (secondary N) is 1. The Morgan fingerprint density at radius 3 is 2.18 bits per heavy atom. The summed E-state index contributed by atoms with van der Waals surface area (Å²) in [6.45, 7) is 0. The molecule has 0 radical (unpaired) electrons. The van der Waals surface area contributed by atoms with E-state index in [2.05, 4.69) is 4.72 Å². The highest BCUT2D eigenvalue weighted by Crippen LogP contribution is 2.30. The minimum absolute atomic E-state index is 0.141. The van der Waals surface area contributed by atoms with Gasteiger partial charge in [0.1, 0.15) is 4.90 Å². The highest BCUT2D eigenvalue weighted by Gasteiger charge is 2.22. The second-order valence-corrected chi connectivity index (χ2v) is 6.98. The molecule has 0 saturated carbocycles. The van der Waals surface area contributed by atoms with Gasteiger partial charge in [0, 0.05) is 12.1 Å². The van der Waals surface area contributed by atoms with Gasteiger partial charge in [-0.3, -0.25) is 14.8 Å². The molecule has 0 aromatic heterocycles. The highest BCUT2D eigenvalue weighted by atomic mass is 35.5. The number of nitro benzene ring substituents is 1. The maximum atomic E-state index is 12.3. The Hall–Kier alpha value is -1.54. The number of nitrogens with zero attached hydrogens (tertiary/aromatic N) is 1. The Morgan fingerprint density at radius 1 is 0.955 bits per heavy atom. The van der Waals surface area contributed by atoms with Gasteiger partial charge >= 0.3 is 0 Å². The van der Waals surface area contributed by atoms with Crippen LogP contribution in [0.4, 0.5) is 11.4 Å². The van der Waals surface area contributed by atoms with Crippen LogP contribution >= 0.6 is 34.8 Å². The molecular weight excluding hydrogens is 375 g/mol. The van der Waals surface area contributed by atoms with Crippen molar-refractivity contribution >= 4 is 56.2 Å². The summed E-state index contributed by atoms with van der Waals surface area (Å²) in [5.74, 6) is 0. The van der Waals surface area contributed by atoms with Crippen LogP contribution in [-0.4, -0.2) is 13.3 Å². The van der Waals surface area contributed by atoms with Crippen molar-refractivity contribution in [2.75, 3.05) is 4.72 Å². The molecule has 0 aliphatic heterocycles. The average molecular weight is 382 g/mol. The Morgan fingerprint density at radius 2 is 1.59 bits per heavy atom. The van der Waals surface area contributed by atoms with E-state index in [9.17, 15) is 18.5 Å². The first kappa shape index (κ1) is 16.8. The lowest BCUT2D eigenvalue weighted by Gasteiger charge is -2.10. The van der Waals surface area contributed by atoms with Crippen molar-refractivity contribution in [3.8, 4) is 0 Å². The third-order valence-electron chi connectivity index (χ3n) is 2.59. The van der Waals surface area contributed by atoms with Gasteiger partial charge in [-0.1, -0.05) is 34.8 Å². The predicted octanol–water partition coefficient (Wildman–Crippen LogP) is 4.36. The summed E-state index contributed by atoms with van der Waals surface area (Å²) in [6.07, 6.45) is 0. The maximum absolute atomic E-state index is 12.3. The van der Waals surface area contributed by atoms with Crippen LogP contribution in [0.5, 0.6) is 0 Å². The number of halogens is 3. The lowest BCUT2D eigenvalue weighted by molar-refractivity contribution is -0.385. The number of sulfonamides is 1. The Bertz CT molecular complexity index is 855. The van der Waals surface area contributed by atoms with Crippen LogP contribution in [0.25, 0.3) is 0 Å². The van der Waals surface area contributed by atoms with Gasteiger partial charge < -0.3 is 0 Å². The third kappa shape index (κ3) is 3.61. The second kappa shape index (κ2) is 6.29. The van der Waals surface area contributed by atoms with Crippen molar-refractivity contribution in [1.82, 2.24) is 0 Å². The smallest absolute Gasteiger partial charge is 0.270 e. The predicted molar refractivity (Wildman–Crippen MR) is 85.4 cm³/mol. The monoisotopic (exact) mass is 380 g/mol. The molecule has 0 aliphatic rings. The van der Waals surface area contributed by atoms with Crippen LogP contribution in [0.3, 0.4) is 0 Å². The second-order valence-electron chi connectivity index (χ2n) is 4.11. The van der Waals surface area contributed by atoms with Crippen LogP contribution in [0.15, 0.2) is 41.3 Å². The molecule has 0 fully saturated rings. The molecule has 0 saturated heterocycles. The lowest BCUT2D eigenvalue weighted by atomic mass is 10.3. The van der Waals surface area contributed by atoms with E-state index in [1.807, 2.05) is 0 Å². The number of benzene rings is 2. The molecule has 0 heterocycles. The summed E-state index contributed by atoms with van der Waals surface area (Å²) in [4.78, 5) is 9.63. The van der Waals surface area contributed by atoms with Crippen LogP contribution in [0.2, 0.25) is 15.1 Å². The van der Waals surface area contributed by atoms with Crippen molar-refractivity contribution in [2.45, 2.75) is 4.90 Å². The fourth-order valence-electron chi connectivity index (χ4n) is 1.58. The van der Waals surface area contributed by atoms with E-state index >= 15 is 0 Å². The zero-order valence-electron chi connectivity index (χ0n) is 10.6. The topological polar surface area (TPSA) is 89.3 Å². The molecular formula is C12H7Cl3N2O4S. The Kier molecular flexibility index (Phi) is 4.81. The van der Waals surface area contributed by atoms with Gasteiger partial charge in [0.2, 0.25) is 0 Å². The van der Waals surface area contributed by atoms with E-state index in [1.54, 1.807) is 0 Å². The standard InChI is InChI=1S/C12H7Cl3N2O4S/c13-9-3-1-7(5-11(9)15)16-22(20,21)12-6-8(17(18)19)2-4-10(12)14/h1-6,16H. The quantitative estimate of drug-likeness (QED) is 0.629. The number of nitro groups is 1. The van der Waals surface area contributed by atoms with E-state index < -0.39 is 19.8 Å². The maximum Gasteiger partial charge on any atom is 0.270 e. The average Bonchev–Trinajstić information content (AvgIpc) is 2.42. The summed E-state index contributed by atoms with van der Waals surface area (Å²) in [5.41, 5.74) is -0.240. The molecule has 0 atom stereocenters. The van der Waals surface area contributed by atoms with Crippen molar-refractivity contribution < 1.29 is 13.3 Å². The molecule has 2 rings (SSSR count). The van der Waals surface area contributed by atoms with Gasteiger partial charge in [0.25, 0.3) is 15.7 Å². The molecule has 0 unspecified atom stereocenters. The van der Waals surface area contributed by atoms with Crippen molar-refractivity contribution in [2.24, 2.45) is 0 Å². The minimum Gasteiger partial charge on any atom is -0.280 e. The molecule has 2 aromatic rings. The van der Waals surface area contributed by atoms with Gasteiger partial charge in [0.05, 0.1) is 25.7 Å². The zero-order chi connectivity index (χ0) is 16.5. The van der Waals surface area contributed by atoms with E-state index in [-0.39, 0.29) is 26.4 Å². The first-order valence-electron chi connectivity index (χ1n) is 5.62. The summed E-state index contributed by atoms with van der Waals surface area (Å²) in [7, 11) is -4.12. The van der Waals surface area contributed by atoms with Gasteiger partial charge in [0.15, 0.2) is 0 Å². The van der Waals surface area contributed by atoms with Crippen molar-refractivity contribution in [1.29, 1.82) is 0 Å². The fraction of sp³-hybridized carbons (Fsp3) is 0. The Balaban J connectivity index is 2.44. The molecule has 6 nitrogen and oxygen atoms in total. The lowest BCUT2D eigenvalue weighted by Crippen LogP contribution is -2.13. The van der Waals surface area contributed by atoms with Gasteiger partial charge in [-0.15, -0.1) is 0 Å². The molecule has 22 heavy (non-hydrogen) atoms. The van der Waals surface area contributed by atoms with Gasteiger partial charge in [-0.25, -0.2) is 8.42 Å². The minimum atomic E-state index is -4.12. The molecule has 116 valence electrons. The Labute approximate surface area is 140 Å². The van der Waals surface area contributed by atoms with Crippen LogP contribution in [-0.2, 0) is 10.0 Å². The first-order chi connectivity index (χ1) is 10.2. The van der Waals surface area contributed by atoms with Crippen molar-refractivity contribution in [3.05, 3.63) is 61.6 Å². The van der Waals surface area contributed by atoms with E-state index in [4.69, 9.17) is 34.8 Å². The van der Waals surface area contributed by atoms with E-state index in [0.717, 1.165) is 18.2 Å². The number of rotatable bonds is 4. The zero-order valence-corrected chi connectivity index (χ0v) is 13.7. The molecule has 10 heteroatoms. The summed E-state index contributed by atoms with van der Waals surface area (Å²) >= 11 is 17.4. The van der Waals surface area contributed by atoms with Gasteiger partial charge in [-0.2, -0.15) is 0 Å². The van der Waals surface area contributed by atoms with Crippen LogP contribution in [0, 0.1) is 10.1 Å². The number of hydrogen-bond donors (Lipinski definition) is 1. The summed E-state index contributed by atoms with van der Waals surface area (Å²) in [5, 5.41) is 11.0.